The van der Waals surface area contributed by atoms with Crippen LogP contribution >= 0.6 is 11.6 Å². The van der Waals surface area contributed by atoms with Gasteiger partial charge in [-0.15, -0.1) is 13.2 Å². The maximum atomic E-state index is 13.0. The minimum Gasteiger partial charge on any atom is -0.405 e. The van der Waals surface area contributed by atoms with E-state index in [4.69, 9.17) is 11.6 Å². The lowest BCUT2D eigenvalue weighted by atomic mass is 9.74. The fourth-order valence-electron chi connectivity index (χ4n) is 4.68. The Morgan fingerprint density at radius 3 is 2.47 bits per heavy atom. The van der Waals surface area contributed by atoms with Gasteiger partial charge in [0, 0.05) is 41.8 Å². The van der Waals surface area contributed by atoms with E-state index in [0.29, 0.717) is 10.6 Å². The second-order valence-corrected chi connectivity index (χ2v) is 8.53. The number of rotatable bonds is 4. The van der Waals surface area contributed by atoms with Crippen LogP contribution in [0, 0.1) is 0 Å². The van der Waals surface area contributed by atoms with Crippen molar-refractivity contribution in [3.05, 3.63) is 64.7 Å². The molecule has 0 aromatic heterocycles. The third kappa shape index (κ3) is 4.44. The summed E-state index contributed by atoms with van der Waals surface area (Å²) >= 11 is 5.91. The van der Waals surface area contributed by atoms with Gasteiger partial charge in [0.2, 0.25) is 0 Å². The van der Waals surface area contributed by atoms with Gasteiger partial charge < -0.3 is 9.64 Å². The SMILES string of the molecule is CN1CC2(CCN(C/C=C/c3ccc(Cl)cc3)CC2)c2c(OC(F)(F)F)cccc21. The molecule has 0 radical (unpaired) electrons. The van der Waals surface area contributed by atoms with E-state index < -0.39 is 6.36 Å². The first-order valence-electron chi connectivity index (χ1n) is 10.0. The average Bonchev–Trinajstić information content (AvgIpc) is 2.97. The Hall–Kier alpha value is -2.18. The lowest BCUT2D eigenvalue weighted by Gasteiger charge is -2.40. The molecule has 160 valence electrons. The number of benzene rings is 2. The minimum absolute atomic E-state index is 0.0552. The number of likely N-dealkylation sites (N-methyl/N-ethyl adjacent to an activating group) is 1. The van der Waals surface area contributed by atoms with E-state index in [1.807, 2.05) is 37.4 Å². The molecule has 2 aromatic rings. The van der Waals surface area contributed by atoms with Crippen molar-refractivity contribution in [2.24, 2.45) is 0 Å². The molecule has 1 spiro atoms. The first-order chi connectivity index (χ1) is 14.3. The Labute approximate surface area is 179 Å². The summed E-state index contributed by atoms with van der Waals surface area (Å²) in [6.45, 7) is 3.19. The number of hydrogen-bond donors (Lipinski definition) is 0. The molecule has 0 N–H and O–H groups in total. The summed E-state index contributed by atoms with van der Waals surface area (Å²) in [5.41, 5.74) is 2.34. The Morgan fingerprint density at radius 1 is 1.10 bits per heavy atom. The summed E-state index contributed by atoms with van der Waals surface area (Å²) in [4.78, 5) is 4.39. The Kier molecular flexibility index (Phi) is 5.73. The molecular weight excluding hydrogens is 413 g/mol. The smallest absolute Gasteiger partial charge is 0.405 e. The summed E-state index contributed by atoms with van der Waals surface area (Å²) < 4.78 is 43.3. The van der Waals surface area contributed by atoms with E-state index in [-0.39, 0.29) is 11.2 Å². The predicted molar refractivity (Wildman–Crippen MR) is 114 cm³/mol. The van der Waals surface area contributed by atoms with E-state index in [9.17, 15) is 13.2 Å². The van der Waals surface area contributed by atoms with Gasteiger partial charge in [-0.2, -0.15) is 0 Å². The molecule has 0 unspecified atom stereocenters. The number of nitrogens with zero attached hydrogens (tertiary/aromatic N) is 2. The van der Waals surface area contributed by atoms with E-state index in [1.165, 1.54) is 6.07 Å². The minimum atomic E-state index is -4.69. The fourth-order valence-corrected chi connectivity index (χ4v) is 4.81. The molecule has 0 saturated carbocycles. The third-order valence-electron chi connectivity index (χ3n) is 6.07. The first-order valence-corrected chi connectivity index (χ1v) is 10.4. The lowest BCUT2D eigenvalue weighted by molar-refractivity contribution is -0.275. The zero-order valence-electron chi connectivity index (χ0n) is 16.8. The monoisotopic (exact) mass is 436 g/mol. The maximum Gasteiger partial charge on any atom is 0.573 e. The Balaban J connectivity index is 1.45. The highest BCUT2D eigenvalue weighted by atomic mass is 35.5. The van der Waals surface area contributed by atoms with Crippen LogP contribution in [0.25, 0.3) is 6.08 Å². The molecule has 2 aliphatic heterocycles. The van der Waals surface area contributed by atoms with Crippen molar-refractivity contribution in [1.82, 2.24) is 4.90 Å². The number of piperidine rings is 1. The molecule has 2 aliphatic rings. The van der Waals surface area contributed by atoms with Crippen LogP contribution in [0.2, 0.25) is 5.02 Å². The summed E-state index contributed by atoms with van der Waals surface area (Å²) in [5, 5.41) is 0.712. The number of likely N-dealkylation sites (tertiary alicyclic amines) is 1. The van der Waals surface area contributed by atoms with Gasteiger partial charge in [0.25, 0.3) is 0 Å². The van der Waals surface area contributed by atoms with Gasteiger partial charge in [0.15, 0.2) is 0 Å². The molecule has 0 atom stereocenters. The van der Waals surface area contributed by atoms with Crippen molar-refractivity contribution in [2.45, 2.75) is 24.6 Å². The molecule has 2 heterocycles. The lowest BCUT2D eigenvalue weighted by Crippen LogP contribution is -2.45. The molecule has 4 rings (SSSR count). The third-order valence-corrected chi connectivity index (χ3v) is 6.32. The van der Waals surface area contributed by atoms with E-state index in [2.05, 4.69) is 26.7 Å². The molecule has 3 nitrogen and oxygen atoms in total. The molecule has 0 bridgehead atoms. The number of anilines is 1. The Bertz CT molecular complexity index is 919. The number of halogens is 4. The van der Waals surface area contributed by atoms with Gasteiger partial charge in [-0.05, 0) is 55.8 Å². The van der Waals surface area contributed by atoms with Gasteiger partial charge in [-0.1, -0.05) is 42.0 Å². The van der Waals surface area contributed by atoms with Gasteiger partial charge in [0.05, 0.1) is 0 Å². The van der Waals surface area contributed by atoms with Crippen molar-refractivity contribution in [3.63, 3.8) is 0 Å². The molecule has 0 aliphatic carbocycles. The highest BCUT2D eigenvalue weighted by Gasteiger charge is 2.47. The highest BCUT2D eigenvalue weighted by molar-refractivity contribution is 6.30. The standard InChI is InChI=1S/C23H24ClF3N2O/c1-28-16-22(21-19(28)5-2-6-20(21)30-23(25,26)27)11-14-29(15-12-22)13-3-4-17-7-9-18(24)10-8-17/h2-10H,11-16H2,1H3/b4-3+. The van der Waals surface area contributed by atoms with Crippen LogP contribution in [0.15, 0.2) is 48.5 Å². The van der Waals surface area contributed by atoms with Crippen molar-refractivity contribution in [3.8, 4) is 5.75 Å². The zero-order chi connectivity index (χ0) is 21.4. The molecule has 30 heavy (non-hydrogen) atoms. The quantitative estimate of drug-likeness (QED) is 0.608. The van der Waals surface area contributed by atoms with E-state index in [1.54, 1.807) is 6.07 Å². The van der Waals surface area contributed by atoms with Crippen LogP contribution in [0.3, 0.4) is 0 Å². The normalized spacial score (nSPS) is 18.9. The fraction of sp³-hybridized carbons (Fsp3) is 0.391. The second kappa shape index (κ2) is 8.16. The van der Waals surface area contributed by atoms with Crippen LogP contribution < -0.4 is 9.64 Å². The van der Waals surface area contributed by atoms with Crippen LogP contribution in [0.1, 0.15) is 24.0 Å². The largest absolute Gasteiger partial charge is 0.573 e. The van der Waals surface area contributed by atoms with Crippen LogP contribution in [-0.4, -0.2) is 44.5 Å². The summed E-state index contributed by atoms with van der Waals surface area (Å²) in [7, 11) is 1.94. The molecule has 1 fully saturated rings. The van der Waals surface area contributed by atoms with E-state index in [0.717, 1.165) is 50.3 Å². The summed E-state index contributed by atoms with van der Waals surface area (Å²) in [6.07, 6.45) is 1.10. The number of ether oxygens (including phenoxy) is 1. The highest BCUT2D eigenvalue weighted by Crippen LogP contribution is 2.51. The Morgan fingerprint density at radius 2 is 1.80 bits per heavy atom. The van der Waals surface area contributed by atoms with Crippen molar-refractivity contribution >= 4 is 23.4 Å². The number of alkyl halides is 3. The molecule has 7 heteroatoms. The van der Waals surface area contributed by atoms with Crippen molar-refractivity contribution in [2.75, 3.05) is 38.1 Å². The number of fused-ring (bicyclic) bond motifs is 2. The van der Waals surface area contributed by atoms with Gasteiger partial charge in [-0.25, -0.2) is 0 Å². The van der Waals surface area contributed by atoms with Crippen molar-refractivity contribution in [1.29, 1.82) is 0 Å². The number of hydrogen-bond acceptors (Lipinski definition) is 3. The van der Waals surface area contributed by atoms with Crippen LogP contribution in [0.5, 0.6) is 5.75 Å². The first kappa shape index (κ1) is 21.1. The van der Waals surface area contributed by atoms with Gasteiger partial charge in [0.1, 0.15) is 5.75 Å². The maximum absolute atomic E-state index is 13.0. The predicted octanol–water partition coefficient (Wildman–Crippen LogP) is 5.74. The zero-order valence-corrected chi connectivity index (χ0v) is 17.5. The molecule has 2 aromatic carbocycles. The van der Waals surface area contributed by atoms with Crippen molar-refractivity contribution < 1.29 is 17.9 Å². The van der Waals surface area contributed by atoms with Gasteiger partial charge in [-0.3, -0.25) is 4.90 Å². The summed E-state index contributed by atoms with van der Waals surface area (Å²) in [5.74, 6) is -0.0552. The topological polar surface area (TPSA) is 15.7 Å². The van der Waals surface area contributed by atoms with E-state index >= 15 is 0 Å². The molecular formula is C23H24ClF3N2O. The molecule has 1 saturated heterocycles. The van der Waals surface area contributed by atoms with Crippen LogP contribution in [-0.2, 0) is 5.41 Å². The summed E-state index contributed by atoms with van der Waals surface area (Å²) in [6, 6.07) is 12.6. The molecule has 0 amide bonds. The average molecular weight is 437 g/mol. The second-order valence-electron chi connectivity index (χ2n) is 8.09. The van der Waals surface area contributed by atoms with Crippen LogP contribution in [0.4, 0.5) is 18.9 Å². The van der Waals surface area contributed by atoms with Gasteiger partial charge >= 0.3 is 6.36 Å².